The van der Waals surface area contributed by atoms with Crippen LogP contribution in [0, 0.1) is 13.8 Å². The van der Waals surface area contributed by atoms with Crippen LogP contribution >= 0.6 is 0 Å². The predicted octanol–water partition coefficient (Wildman–Crippen LogP) is 4.28. The van der Waals surface area contributed by atoms with Crippen LogP contribution in [0.15, 0.2) is 56.0 Å². The first-order chi connectivity index (χ1) is 15.4. The number of carbonyl (C=O) groups excluding carboxylic acids is 2. The molecule has 3 heterocycles. The van der Waals surface area contributed by atoms with Crippen LogP contribution in [0.25, 0.3) is 11.5 Å². The lowest BCUT2D eigenvalue weighted by molar-refractivity contribution is 0.0940. The van der Waals surface area contributed by atoms with Crippen LogP contribution in [0.5, 0.6) is 0 Å². The first kappa shape index (κ1) is 21.1. The third-order valence-electron chi connectivity index (χ3n) is 4.92. The number of oxazole rings is 1. The summed E-state index contributed by atoms with van der Waals surface area (Å²) in [4.78, 5) is 29.2. The number of furan rings is 1. The molecule has 0 unspecified atom stereocenters. The van der Waals surface area contributed by atoms with Crippen molar-refractivity contribution in [1.29, 1.82) is 0 Å². The van der Waals surface area contributed by atoms with Gasteiger partial charge in [0.25, 0.3) is 11.8 Å². The van der Waals surface area contributed by atoms with E-state index >= 15 is 0 Å². The number of aromatic nitrogens is 2. The Bertz CT molecular complexity index is 1270. The minimum Gasteiger partial charge on any atom is -0.469 e. The number of hydrogen-bond acceptors (Lipinski definition) is 7. The first-order valence-corrected chi connectivity index (χ1v) is 10.1. The second-order valence-electron chi connectivity index (χ2n) is 7.16. The van der Waals surface area contributed by atoms with Crippen molar-refractivity contribution in [2.75, 3.05) is 5.32 Å². The molecule has 9 heteroatoms. The molecular formula is C23H22N4O5. The number of carbonyl (C=O) groups is 2. The fraction of sp³-hybridized carbons (Fsp3) is 0.217. The third-order valence-corrected chi connectivity index (χ3v) is 4.92. The number of anilines is 1. The number of aryl methyl sites for hydroxylation is 3. The smallest absolute Gasteiger partial charge is 0.273 e. The predicted molar refractivity (Wildman–Crippen MR) is 115 cm³/mol. The minimum atomic E-state index is -0.350. The zero-order valence-corrected chi connectivity index (χ0v) is 17.9. The Morgan fingerprint density at radius 2 is 1.91 bits per heavy atom. The monoisotopic (exact) mass is 434 g/mol. The molecule has 4 aromatic rings. The van der Waals surface area contributed by atoms with E-state index in [0.717, 1.165) is 0 Å². The summed E-state index contributed by atoms with van der Waals surface area (Å²) in [6, 6.07) is 10.4. The summed E-state index contributed by atoms with van der Waals surface area (Å²) in [5.41, 5.74) is 2.57. The second kappa shape index (κ2) is 8.93. The second-order valence-corrected chi connectivity index (χ2v) is 7.16. The molecule has 0 aliphatic rings. The van der Waals surface area contributed by atoms with Crippen LogP contribution in [0.4, 0.5) is 5.69 Å². The van der Waals surface area contributed by atoms with Crippen molar-refractivity contribution in [2.45, 2.75) is 33.7 Å². The van der Waals surface area contributed by atoms with E-state index in [2.05, 4.69) is 20.8 Å². The Balaban J connectivity index is 1.45. The van der Waals surface area contributed by atoms with Crippen LogP contribution in [0.3, 0.4) is 0 Å². The van der Waals surface area contributed by atoms with Crippen molar-refractivity contribution in [3.8, 4) is 11.5 Å². The average Bonchev–Trinajstić information content (AvgIpc) is 3.52. The maximum absolute atomic E-state index is 12.4. The molecule has 164 valence electrons. The Kier molecular flexibility index (Phi) is 5.89. The highest BCUT2D eigenvalue weighted by Crippen LogP contribution is 2.25. The summed E-state index contributed by atoms with van der Waals surface area (Å²) in [5.74, 6) is 1.54. The molecule has 0 atom stereocenters. The highest BCUT2D eigenvalue weighted by molar-refractivity contribution is 6.05. The number of rotatable bonds is 7. The summed E-state index contributed by atoms with van der Waals surface area (Å²) < 4.78 is 16.0. The Labute approximate surface area is 183 Å². The molecule has 32 heavy (non-hydrogen) atoms. The van der Waals surface area contributed by atoms with Crippen molar-refractivity contribution < 1.29 is 22.9 Å². The maximum atomic E-state index is 12.4. The molecule has 0 aliphatic carbocycles. The van der Waals surface area contributed by atoms with E-state index in [1.165, 1.54) is 6.26 Å². The lowest BCUT2D eigenvalue weighted by Gasteiger charge is -2.05. The molecule has 0 fully saturated rings. The normalized spacial score (nSPS) is 10.8. The van der Waals surface area contributed by atoms with E-state index in [0.29, 0.717) is 52.1 Å². The van der Waals surface area contributed by atoms with Gasteiger partial charge >= 0.3 is 0 Å². The van der Waals surface area contributed by atoms with E-state index in [1.807, 2.05) is 13.0 Å². The van der Waals surface area contributed by atoms with E-state index in [1.54, 1.807) is 44.2 Å². The first-order valence-electron chi connectivity index (χ1n) is 10.1. The maximum Gasteiger partial charge on any atom is 0.273 e. The van der Waals surface area contributed by atoms with Gasteiger partial charge in [0.1, 0.15) is 23.0 Å². The molecule has 2 amide bonds. The zero-order valence-electron chi connectivity index (χ0n) is 17.9. The van der Waals surface area contributed by atoms with Crippen molar-refractivity contribution in [2.24, 2.45) is 0 Å². The van der Waals surface area contributed by atoms with Crippen LogP contribution in [-0.4, -0.2) is 22.0 Å². The van der Waals surface area contributed by atoms with Gasteiger partial charge in [-0.3, -0.25) is 9.59 Å². The van der Waals surface area contributed by atoms with Crippen molar-refractivity contribution >= 4 is 17.5 Å². The molecule has 0 aliphatic heterocycles. The molecule has 1 aromatic carbocycles. The highest BCUT2D eigenvalue weighted by atomic mass is 16.5. The minimum absolute atomic E-state index is 0.179. The summed E-state index contributed by atoms with van der Waals surface area (Å²) in [6.07, 6.45) is 2.13. The quantitative estimate of drug-likeness (QED) is 0.445. The van der Waals surface area contributed by atoms with Gasteiger partial charge in [0.05, 0.1) is 18.4 Å². The molecule has 3 aromatic heterocycles. The lowest BCUT2D eigenvalue weighted by Crippen LogP contribution is -2.23. The molecule has 2 N–H and O–H groups in total. The SMILES string of the molecule is CCc1cc(C(=O)NCc2nc(-c3cccc(NC(=O)c4ccoc4C)c3)oc2C)no1. The summed E-state index contributed by atoms with van der Waals surface area (Å²) in [5, 5.41) is 9.37. The van der Waals surface area contributed by atoms with Gasteiger partial charge in [-0.05, 0) is 38.1 Å². The van der Waals surface area contributed by atoms with E-state index in [9.17, 15) is 9.59 Å². The van der Waals surface area contributed by atoms with Crippen LogP contribution in [0.1, 0.15) is 50.7 Å². The zero-order chi connectivity index (χ0) is 22.7. The van der Waals surface area contributed by atoms with Gasteiger partial charge in [0, 0.05) is 23.7 Å². The van der Waals surface area contributed by atoms with Crippen LogP contribution < -0.4 is 10.6 Å². The molecule has 0 saturated heterocycles. The van der Waals surface area contributed by atoms with Gasteiger partial charge in [-0.1, -0.05) is 18.1 Å². The third kappa shape index (κ3) is 4.46. The van der Waals surface area contributed by atoms with Crippen LogP contribution in [-0.2, 0) is 13.0 Å². The van der Waals surface area contributed by atoms with Gasteiger partial charge in [-0.2, -0.15) is 0 Å². The largest absolute Gasteiger partial charge is 0.469 e. The Hall–Kier alpha value is -4.14. The Morgan fingerprint density at radius 3 is 2.62 bits per heavy atom. The number of amides is 2. The van der Waals surface area contributed by atoms with Crippen molar-refractivity contribution in [3.63, 3.8) is 0 Å². The summed E-state index contributed by atoms with van der Waals surface area (Å²) >= 11 is 0. The molecule has 4 rings (SSSR count). The number of benzene rings is 1. The number of hydrogen-bond donors (Lipinski definition) is 2. The fourth-order valence-corrected chi connectivity index (χ4v) is 3.11. The Morgan fingerprint density at radius 1 is 1.06 bits per heavy atom. The van der Waals surface area contributed by atoms with E-state index in [-0.39, 0.29) is 24.1 Å². The molecule has 0 spiro atoms. The summed E-state index contributed by atoms with van der Waals surface area (Å²) in [6.45, 7) is 5.60. The van der Waals surface area contributed by atoms with E-state index in [4.69, 9.17) is 13.4 Å². The highest BCUT2D eigenvalue weighted by Gasteiger charge is 2.16. The number of nitrogens with zero attached hydrogens (tertiary/aromatic N) is 2. The van der Waals surface area contributed by atoms with Gasteiger partial charge in [-0.25, -0.2) is 4.98 Å². The van der Waals surface area contributed by atoms with Crippen molar-refractivity contribution in [3.05, 3.63) is 76.9 Å². The standard InChI is InChI=1S/C23H22N4O5/c1-4-17-11-19(27-32-17)22(29)24-12-20-14(3)31-23(26-20)15-6-5-7-16(10-15)25-21(28)18-8-9-30-13(18)2/h5-11H,4,12H2,1-3H3,(H,24,29)(H,25,28). The van der Waals surface area contributed by atoms with Crippen LogP contribution in [0.2, 0.25) is 0 Å². The summed E-state index contributed by atoms with van der Waals surface area (Å²) in [7, 11) is 0. The average molecular weight is 434 g/mol. The molecular weight excluding hydrogens is 412 g/mol. The van der Waals surface area contributed by atoms with Gasteiger partial charge in [0.15, 0.2) is 5.69 Å². The molecule has 0 saturated carbocycles. The van der Waals surface area contributed by atoms with Crippen molar-refractivity contribution in [1.82, 2.24) is 15.5 Å². The topological polar surface area (TPSA) is 123 Å². The van der Waals surface area contributed by atoms with Gasteiger partial charge < -0.3 is 24.0 Å². The fourth-order valence-electron chi connectivity index (χ4n) is 3.11. The molecule has 0 radical (unpaired) electrons. The number of nitrogens with one attached hydrogen (secondary N) is 2. The molecule has 0 bridgehead atoms. The van der Waals surface area contributed by atoms with Gasteiger partial charge in [-0.15, -0.1) is 0 Å². The molecule has 9 nitrogen and oxygen atoms in total. The lowest BCUT2D eigenvalue weighted by atomic mass is 10.2. The van der Waals surface area contributed by atoms with Gasteiger partial charge in [0.2, 0.25) is 5.89 Å². The van der Waals surface area contributed by atoms with E-state index < -0.39 is 0 Å².